The van der Waals surface area contributed by atoms with E-state index >= 15 is 0 Å². The molecule has 0 spiro atoms. The third kappa shape index (κ3) is 5.20. The standard InChI is InChI=1S/C18H27N3O6S/c1-5-11-20(15-10-12-19(13-15)17(22)27-18(2,3)4)28(25,26)16-8-6-14(7-9-16)21(23)24/h6-9,15H,5,10-13H2,1-4H3/t15-/m0/s1. The van der Waals surface area contributed by atoms with Crippen molar-refractivity contribution in [2.75, 3.05) is 19.6 Å². The molecule has 0 saturated carbocycles. The minimum absolute atomic E-state index is 0.00210. The summed E-state index contributed by atoms with van der Waals surface area (Å²) in [7, 11) is -3.84. The van der Waals surface area contributed by atoms with Gasteiger partial charge in [-0.1, -0.05) is 6.92 Å². The molecule has 10 heteroatoms. The second-order valence-electron chi connectivity index (χ2n) is 7.74. The molecule has 156 valence electrons. The smallest absolute Gasteiger partial charge is 0.410 e. The summed E-state index contributed by atoms with van der Waals surface area (Å²) in [4.78, 5) is 24.0. The highest BCUT2D eigenvalue weighted by Gasteiger charge is 2.38. The average Bonchev–Trinajstić information content (AvgIpc) is 3.08. The molecule has 1 fully saturated rings. The first kappa shape index (κ1) is 22.1. The van der Waals surface area contributed by atoms with Gasteiger partial charge in [-0.3, -0.25) is 10.1 Å². The number of nitrogens with zero attached hydrogens (tertiary/aromatic N) is 3. The molecule has 0 N–H and O–H groups in total. The monoisotopic (exact) mass is 413 g/mol. The Morgan fingerprint density at radius 2 is 1.93 bits per heavy atom. The van der Waals surface area contributed by atoms with E-state index in [0.717, 1.165) is 0 Å². The molecule has 1 aromatic rings. The molecule has 1 aromatic carbocycles. The Hall–Kier alpha value is -2.20. The Morgan fingerprint density at radius 3 is 2.43 bits per heavy atom. The maximum atomic E-state index is 13.1. The van der Waals surface area contributed by atoms with Crippen LogP contribution in [0.25, 0.3) is 0 Å². The van der Waals surface area contributed by atoms with Gasteiger partial charge in [-0.2, -0.15) is 4.31 Å². The Labute approximate surface area is 165 Å². The van der Waals surface area contributed by atoms with Crippen LogP contribution in [-0.4, -0.2) is 59.9 Å². The van der Waals surface area contributed by atoms with E-state index in [1.807, 2.05) is 6.92 Å². The molecule has 2 rings (SSSR count). The van der Waals surface area contributed by atoms with Crippen LogP contribution in [0.3, 0.4) is 0 Å². The van der Waals surface area contributed by atoms with Crippen LogP contribution < -0.4 is 0 Å². The summed E-state index contributed by atoms with van der Waals surface area (Å²) >= 11 is 0. The second-order valence-corrected chi connectivity index (χ2v) is 9.63. The van der Waals surface area contributed by atoms with Gasteiger partial charge in [-0.05, 0) is 45.7 Å². The Bertz CT molecular complexity index is 817. The van der Waals surface area contributed by atoms with Crippen molar-refractivity contribution in [2.45, 2.75) is 57.1 Å². The molecule has 1 atom stereocenters. The lowest BCUT2D eigenvalue weighted by molar-refractivity contribution is -0.384. The highest BCUT2D eigenvalue weighted by Crippen LogP contribution is 2.26. The van der Waals surface area contributed by atoms with Crippen LogP contribution in [-0.2, 0) is 14.8 Å². The molecule has 9 nitrogen and oxygen atoms in total. The molecule has 1 heterocycles. The van der Waals surface area contributed by atoms with E-state index in [0.29, 0.717) is 25.9 Å². The first-order valence-electron chi connectivity index (χ1n) is 9.20. The largest absolute Gasteiger partial charge is 0.444 e. The number of sulfonamides is 1. The minimum Gasteiger partial charge on any atom is -0.444 e. The summed E-state index contributed by atoms with van der Waals surface area (Å²) in [6.07, 6.45) is 0.653. The van der Waals surface area contributed by atoms with Crippen LogP contribution in [0.2, 0.25) is 0 Å². The number of likely N-dealkylation sites (tertiary alicyclic amines) is 1. The predicted molar refractivity (Wildman–Crippen MR) is 103 cm³/mol. The summed E-state index contributed by atoms with van der Waals surface area (Å²) in [5.41, 5.74) is -0.790. The topological polar surface area (TPSA) is 110 Å². The number of benzene rings is 1. The molecule has 1 amide bonds. The first-order valence-corrected chi connectivity index (χ1v) is 10.6. The molecule has 28 heavy (non-hydrogen) atoms. The Balaban J connectivity index is 2.20. The number of amides is 1. The highest BCUT2D eigenvalue weighted by molar-refractivity contribution is 7.89. The lowest BCUT2D eigenvalue weighted by atomic mass is 10.2. The number of carbonyl (C=O) groups is 1. The third-order valence-corrected chi connectivity index (χ3v) is 6.29. The Kier molecular flexibility index (Phi) is 6.66. The number of nitro benzene ring substituents is 1. The van der Waals surface area contributed by atoms with Gasteiger partial charge >= 0.3 is 6.09 Å². The van der Waals surface area contributed by atoms with E-state index in [-0.39, 0.29) is 23.2 Å². The van der Waals surface area contributed by atoms with E-state index < -0.39 is 26.6 Å². The number of nitro groups is 1. The lowest BCUT2D eigenvalue weighted by Crippen LogP contribution is -2.43. The van der Waals surface area contributed by atoms with Crippen molar-refractivity contribution in [2.24, 2.45) is 0 Å². The quantitative estimate of drug-likeness (QED) is 0.524. The number of hydrogen-bond acceptors (Lipinski definition) is 6. The average molecular weight is 413 g/mol. The van der Waals surface area contributed by atoms with Gasteiger partial charge in [-0.15, -0.1) is 0 Å². The predicted octanol–water partition coefficient (Wildman–Crippen LogP) is 3.00. The summed E-state index contributed by atoms with van der Waals surface area (Å²) < 4.78 is 33.0. The summed E-state index contributed by atoms with van der Waals surface area (Å²) in [6, 6.07) is 4.48. The number of hydrogen-bond donors (Lipinski definition) is 0. The van der Waals surface area contributed by atoms with Gasteiger partial charge in [0.15, 0.2) is 0 Å². The van der Waals surface area contributed by atoms with Crippen molar-refractivity contribution in [1.82, 2.24) is 9.21 Å². The van der Waals surface area contributed by atoms with Gasteiger partial charge in [0.1, 0.15) is 5.60 Å². The number of non-ortho nitro benzene ring substituents is 1. The van der Waals surface area contributed by atoms with E-state index in [1.165, 1.54) is 33.5 Å². The van der Waals surface area contributed by atoms with Crippen LogP contribution in [0, 0.1) is 10.1 Å². The fraction of sp³-hybridized carbons (Fsp3) is 0.611. The summed E-state index contributed by atoms with van der Waals surface area (Å²) in [5, 5.41) is 10.8. The van der Waals surface area contributed by atoms with Crippen LogP contribution in [0.15, 0.2) is 29.2 Å². The van der Waals surface area contributed by atoms with Gasteiger partial charge in [0.2, 0.25) is 10.0 Å². The van der Waals surface area contributed by atoms with Crippen molar-refractivity contribution in [3.05, 3.63) is 34.4 Å². The maximum absolute atomic E-state index is 13.1. The van der Waals surface area contributed by atoms with Crippen LogP contribution in [0.5, 0.6) is 0 Å². The summed E-state index contributed by atoms with van der Waals surface area (Å²) in [6.45, 7) is 8.17. The highest BCUT2D eigenvalue weighted by atomic mass is 32.2. The van der Waals surface area contributed by atoms with Crippen molar-refractivity contribution in [1.29, 1.82) is 0 Å². The first-order chi connectivity index (χ1) is 13.0. The van der Waals surface area contributed by atoms with Gasteiger partial charge in [0, 0.05) is 37.8 Å². The third-order valence-electron chi connectivity index (χ3n) is 4.32. The van der Waals surface area contributed by atoms with Crippen LogP contribution in [0.1, 0.15) is 40.5 Å². The second kappa shape index (κ2) is 8.44. The van der Waals surface area contributed by atoms with Crippen molar-refractivity contribution < 1.29 is 22.9 Å². The number of rotatable bonds is 6. The molecular weight excluding hydrogens is 386 g/mol. The molecule has 0 aromatic heterocycles. The molecule has 1 aliphatic rings. The fourth-order valence-corrected chi connectivity index (χ4v) is 4.80. The van der Waals surface area contributed by atoms with E-state index in [4.69, 9.17) is 4.74 Å². The SMILES string of the molecule is CCCN([C@H]1CCN(C(=O)OC(C)(C)C)C1)S(=O)(=O)c1ccc([N+](=O)[O-])cc1. The molecule has 1 aliphatic heterocycles. The fourth-order valence-electron chi connectivity index (χ4n) is 3.06. The molecule has 1 saturated heterocycles. The van der Waals surface area contributed by atoms with Crippen molar-refractivity contribution >= 4 is 21.8 Å². The lowest BCUT2D eigenvalue weighted by Gasteiger charge is -2.28. The molecule has 0 bridgehead atoms. The van der Waals surface area contributed by atoms with Crippen LogP contribution >= 0.6 is 0 Å². The molecule has 0 aliphatic carbocycles. The number of ether oxygens (including phenoxy) is 1. The molecule has 0 unspecified atom stereocenters. The summed E-state index contributed by atoms with van der Waals surface area (Å²) in [5.74, 6) is 0. The van der Waals surface area contributed by atoms with Gasteiger partial charge in [-0.25, -0.2) is 13.2 Å². The zero-order valence-electron chi connectivity index (χ0n) is 16.6. The maximum Gasteiger partial charge on any atom is 0.410 e. The van der Waals surface area contributed by atoms with Gasteiger partial charge < -0.3 is 9.64 Å². The zero-order chi connectivity index (χ0) is 21.1. The zero-order valence-corrected chi connectivity index (χ0v) is 17.4. The normalized spacial score (nSPS) is 17.8. The molecule has 0 radical (unpaired) electrons. The van der Waals surface area contributed by atoms with Gasteiger partial charge in [0.25, 0.3) is 5.69 Å². The minimum atomic E-state index is -3.84. The van der Waals surface area contributed by atoms with E-state index in [2.05, 4.69) is 0 Å². The Morgan fingerprint density at radius 1 is 1.32 bits per heavy atom. The van der Waals surface area contributed by atoms with Crippen LogP contribution in [0.4, 0.5) is 10.5 Å². The van der Waals surface area contributed by atoms with Gasteiger partial charge in [0.05, 0.1) is 9.82 Å². The van der Waals surface area contributed by atoms with E-state index in [1.54, 1.807) is 20.8 Å². The van der Waals surface area contributed by atoms with E-state index in [9.17, 15) is 23.3 Å². The molecular formula is C18H27N3O6S. The number of carbonyl (C=O) groups excluding carboxylic acids is 1. The van der Waals surface area contributed by atoms with Crippen molar-refractivity contribution in [3.8, 4) is 0 Å². The van der Waals surface area contributed by atoms with Crippen molar-refractivity contribution in [3.63, 3.8) is 0 Å².